The number of nitrogens with zero attached hydrogens (tertiary/aromatic N) is 8. The van der Waals surface area contributed by atoms with Crippen LogP contribution in [0, 0.1) is 6.92 Å². The van der Waals surface area contributed by atoms with E-state index in [1.165, 1.54) is 6.20 Å². The van der Waals surface area contributed by atoms with Crippen molar-refractivity contribution in [2.75, 3.05) is 5.32 Å². The number of nitrogens with one attached hydrogen (secondary N) is 1. The molecule has 1 aliphatic carbocycles. The predicted octanol–water partition coefficient (Wildman–Crippen LogP) is 3.78. The molecule has 6 rings (SSSR count). The number of amides is 1. The van der Waals surface area contributed by atoms with Crippen LogP contribution >= 0.6 is 11.6 Å². The van der Waals surface area contributed by atoms with Crippen LogP contribution in [0.2, 0.25) is 5.02 Å². The molecule has 1 saturated carbocycles. The Labute approximate surface area is 216 Å². The van der Waals surface area contributed by atoms with Gasteiger partial charge in [0.2, 0.25) is 5.82 Å². The first-order valence-electron chi connectivity index (χ1n) is 12.0. The summed E-state index contributed by atoms with van der Waals surface area (Å²) in [6, 6.07) is 9.38. The highest BCUT2D eigenvalue weighted by atomic mass is 35.5. The first kappa shape index (κ1) is 23.3. The van der Waals surface area contributed by atoms with E-state index in [4.69, 9.17) is 11.6 Å². The Balaban J connectivity index is 1.28. The molecule has 0 radical (unpaired) electrons. The number of anilines is 1. The second-order valence-electron chi connectivity index (χ2n) is 9.32. The van der Waals surface area contributed by atoms with Crippen LogP contribution in [-0.2, 0) is 6.54 Å². The van der Waals surface area contributed by atoms with Crippen molar-refractivity contribution in [2.24, 2.45) is 0 Å². The second-order valence-corrected chi connectivity index (χ2v) is 9.72. The van der Waals surface area contributed by atoms with Gasteiger partial charge in [-0.05, 0) is 67.8 Å². The first-order chi connectivity index (χ1) is 17.9. The van der Waals surface area contributed by atoms with Gasteiger partial charge in [0.15, 0.2) is 0 Å². The number of fused-ring (bicyclic) bond motifs is 1. The Morgan fingerprint density at radius 2 is 2.05 bits per heavy atom. The third-order valence-electron chi connectivity index (χ3n) is 6.25. The molecule has 2 N–H and O–H groups in total. The van der Waals surface area contributed by atoms with Gasteiger partial charge < -0.3 is 10.4 Å². The maximum Gasteiger partial charge on any atom is 0.259 e. The van der Waals surface area contributed by atoms with Crippen LogP contribution in [0.3, 0.4) is 0 Å². The maximum atomic E-state index is 13.3. The second kappa shape index (κ2) is 9.09. The molecule has 0 spiro atoms. The minimum absolute atomic E-state index is 0.324. The molecule has 0 aliphatic heterocycles. The topological polar surface area (TPSA) is 128 Å². The Morgan fingerprint density at radius 3 is 2.84 bits per heavy atom. The van der Waals surface area contributed by atoms with Gasteiger partial charge in [0.05, 0.1) is 52.4 Å². The van der Waals surface area contributed by atoms with Gasteiger partial charge in [0.25, 0.3) is 5.91 Å². The molecule has 1 amide bonds. The van der Waals surface area contributed by atoms with Crippen LogP contribution in [0.5, 0.6) is 0 Å². The summed E-state index contributed by atoms with van der Waals surface area (Å²) in [6.45, 7) is 4.03. The molecule has 12 heteroatoms. The van der Waals surface area contributed by atoms with Gasteiger partial charge in [-0.1, -0.05) is 11.6 Å². The van der Waals surface area contributed by atoms with E-state index >= 15 is 0 Å². The average molecular weight is 518 g/mol. The molecule has 4 aromatic heterocycles. The Morgan fingerprint density at radius 1 is 1.22 bits per heavy atom. The molecule has 0 bridgehead atoms. The van der Waals surface area contributed by atoms with E-state index in [0.717, 1.165) is 29.7 Å². The van der Waals surface area contributed by atoms with E-state index in [1.54, 1.807) is 45.3 Å². The molecule has 1 unspecified atom stereocenters. The minimum Gasteiger partial charge on any atom is -0.391 e. The summed E-state index contributed by atoms with van der Waals surface area (Å²) in [5, 5.41) is 34.5. The summed E-state index contributed by atoms with van der Waals surface area (Å²) in [6.07, 6.45) is 6.83. The number of aromatic nitrogens is 8. The number of pyridine rings is 1. The molecule has 188 valence electrons. The highest BCUT2D eigenvalue weighted by Gasteiger charge is 2.26. The normalized spacial score (nSPS) is 14.3. The van der Waals surface area contributed by atoms with Gasteiger partial charge in [-0.25, -0.2) is 4.52 Å². The van der Waals surface area contributed by atoms with Crippen molar-refractivity contribution in [1.82, 2.24) is 39.6 Å². The molecule has 11 nitrogen and oxygen atoms in total. The smallest absolute Gasteiger partial charge is 0.259 e. The number of halogens is 1. The van der Waals surface area contributed by atoms with Gasteiger partial charge in [0, 0.05) is 23.5 Å². The summed E-state index contributed by atoms with van der Waals surface area (Å²) < 4.78 is 3.36. The maximum absolute atomic E-state index is 13.3. The van der Waals surface area contributed by atoms with Gasteiger partial charge >= 0.3 is 0 Å². The zero-order valence-electron chi connectivity index (χ0n) is 20.2. The van der Waals surface area contributed by atoms with Crippen molar-refractivity contribution in [1.29, 1.82) is 0 Å². The first-order valence-corrected chi connectivity index (χ1v) is 12.3. The highest BCUT2D eigenvalue weighted by molar-refractivity contribution is 6.34. The molecular formula is C25H24ClN9O2. The van der Waals surface area contributed by atoms with Crippen LogP contribution in [-0.4, -0.2) is 56.7 Å². The van der Waals surface area contributed by atoms with Crippen molar-refractivity contribution < 1.29 is 9.90 Å². The summed E-state index contributed by atoms with van der Waals surface area (Å²) in [4.78, 5) is 14.9. The molecule has 0 saturated heterocycles. The number of aliphatic hydroxyl groups is 1. The summed E-state index contributed by atoms with van der Waals surface area (Å²) >= 11 is 6.41. The minimum atomic E-state index is -0.508. The zero-order chi connectivity index (χ0) is 25.7. The average Bonchev–Trinajstić information content (AvgIpc) is 3.27. The number of aliphatic hydroxyl groups excluding tert-OH is 1. The molecule has 4 heterocycles. The van der Waals surface area contributed by atoms with Crippen LogP contribution in [0.4, 0.5) is 5.69 Å². The van der Waals surface area contributed by atoms with E-state index in [0.29, 0.717) is 45.8 Å². The van der Waals surface area contributed by atoms with Gasteiger partial charge in [-0.15, -0.1) is 10.2 Å². The summed E-state index contributed by atoms with van der Waals surface area (Å²) in [5.74, 6) is 0.133. The van der Waals surface area contributed by atoms with Crippen LogP contribution in [0.15, 0.2) is 48.9 Å². The lowest BCUT2D eigenvalue weighted by Gasteiger charge is -2.08. The molecule has 1 fully saturated rings. The number of rotatable bonds is 7. The Hall–Kier alpha value is -4.09. The van der Waals surface area contributed by atoms with Crippen LogP contribution < -0.4 is 5.32 Å². The van der Waals surface area contributed by atoms with E-state index in [1.807, 2.05) is 25.3 Å². The molecular weight excluding hydrogens is 494 g/mol. The summed E-state index contributed by atoms with van der Waals surface area (Å²) in [5.41, 5.74) is 4.82. The largest absolute Gasteiger partial charge is 0.391 e. The number of hydrogen-bond acceptors (Lipinski definition) is 7. The SMILES string of the molecule is Cc1nn(CC(C)O)cc1-c1ccn2ncc(C(=O)Nc3cc(-c4nnn(C5CC5)n4)ccc3Cl)c2c1. The summed E-state index contributed by atoms with van der Waals surface area (Å²) in [7, 11) is 0. The van der Waals surface area contributed by atoms with Crippen molar-refractivity contribution in [3.63, 3.8) is 0 Å². The quantitative estimate of drug-likeness (QED) is 0.336. The van der Waals surface area contributed by atoms with Crippen molar-refractivity contribution in [2.45, 2.75) is 45.4 Å². The fourth-order valence-corrected chi connectivity index (χ4v) is 4.40. The van der Waals surface area contributed by atoms with Gasteiger partial charge in [0.1, 0.15) is 0 Å². The molecule has 37 heavy (non-hydrogen) atoms. The van der Waals surface area contributed by atoms with Crippen molar-refractivity contribution in [3.05, 3.63) is 65.2 Å². The van der Waals surface area contributed by atoms with Gasteiger partial charge in [-0.3, -0.25) is 9.48 Å². The third-order valence-corrected chi connectivity index (χ3v) is 6.58. The molecule has 1 aromatic carbocycles. The molecule has 5 aromatic rings. The lowest BCUT2D eigenvalue weighted by molar-refractivity contribution is 0.102. The molecule has 1 atom stereocenters. The van der Waals surface area contributed by atoms with Crippen LogP contribution in [0.25, 0.3) is 28.0 Å². The van der Waals surface area contributed by atoms with Crippen LogP contribution in [0.1, 0.15) is 41.9 Å². The van der Waals surface area contributed by atoms with E-state index in [9.17, 15) is 9.90 Å². The fourth-order valence-electron chi connectivity index (χ4n) is 4.24. The molecule has 1 aliphatic rings. The third kappa shape index (κ3) is 4.58. The lowest BCUT2D eigenvalue weighted by atomic mass is 10.1. The van der Waals surface area contributed by atoms with E-state index in [2.05, 4.69) is 30.9 Å². The number of tetrazole rings is 1. The number of benzene rings is 1. The zero-order valence-corrected chi connectivity index (χ0v) is 21.0. The standard InChI is InChI=1S/C25H24ClN9O2/c1-14(36)12-33-13-20(15(2)30-33)16-7-8-34-23(10-16)19(11-27-34)25(37)28-22-9-17(3-6-21(22)26)24-29-32-35(31-24)18-4-5-18/h3,6-11,13-14,18,36H,4-5,12H2,1-2H3,(H,28,37). The number of carbonyl (C=O) groups is 1. The van der Waals surface area contributed by atoms with E-state index < -0.39 is 6.10 Å². The Kier molecular flexibility index (Phi) is 5.73. The van der Waals surface area contributed by atoms with E-state index in [-0.39, 0.29) is 5.91 Å². The number of aryl methyl sites for hydroxylation is 1. The van der Waals surface area contributed by atoms with Crippen molar-refractivity contribution >= 4 is 28.7 Å². The lowest BCUT2D eigenvalue weighted by Crippen LogP contribution is -2.12. The van der Waals surface area contributed by atoms with Gasteiger partial charge in [-0.2, -0.15) is 15.0 Å². The Bertz CT molecular complexity index is 1630. The monoisotopic (exact) mass is 517 g/mol. The number of carbonyl (C=O) groups excluding carboxylic acids is 1. The number of hydrogen-bond donors (Lipinski definition) is 2. The highest BCUT2D eigenvalue weighted by Crippen LogP contribution is 2.34. The van der Waals surface area contributed by atoms with Crippen molar-refractivity contribution in [3.8, 4) is 22.5 Å². The predicted molar refractivity (Wildman–Crippen MR) is 137 cm³/mol. The fraction of sp³-hybridized carbons (Fsp3) is 0.280.